The van der Waals surface area contributed by atoms with Crippen molar-refractivity contribution >= 4 is 86.2 Å². The third kappa shape index (κ3) is 2.16. The maximum Gasteiger partial charge on any atom is -0.00139 e. The van der Waals surface area contributed by atoms with E-state index in [0.717, 1.165) is 0 Å². The quantitative estimate of drug-likeness (QED) is 0.159. The van der Waals surface area contributed by atoms with Crippen LogP contribution < -0.4 is 0 Å². The predicted octanol–water partition coefficient (Wildman–Crippen LogP) is 10.3. The molecule has 9 rings (SSSR count). The van der Waals surface area contributed by atoms with Crippen LogP contribution in [0, 0.1) is 0 Å². The zero-order chi connectivity index (χ0) is 23.4. The molecule has 0 bridgehead atoms. The van der Waals surface area contributed by atoms with Gasteiger partial charge in [0.1, 0.15) is 0 Å². The van der Waals surface area contributed by atoms with Crippen molar-refractivity contribution in [3.8, 4) is 0 Å². The van der Waals surface area contributed by atoms with Crippen LogP contribution in [-0.2, 0) is 0 Å². The van der Waals surface area contributed by atoms with Crippen LogP contribution in [0.2, 0.25) is 0 Å². The molecule has 0 fully saturated rings. The van der Waals surface area contributed by atoms with Gasteiger partial charge < -0.3 is 0 Å². The van der Waals surface area contributed by atoms with Gasteiger partial charge in [-0.1, -0.05) is 115 Å². The minimum Gasteiger partial charge on any atom is -0.0616 e. The van der Waals surface area contributed by atoms with Crippen LogP contribution in [-0.4, -0.2) is 0 Å². The average molecular weight is 453 g/mol. The normalized spacial score (nSPS) is 12.4. The fourth-order valence-corrected chi connectivity index (χ4v) is 6.93. The van der Waals surface area contributed by atoms with E-state index < -0.39 is 0 Å². The monoisotopic (exact) mass is 452 g/mol. The standard InChI is InChI=1S/C36H20/c1-2-13-25-23(11-1)24-12-3-4-14-26(24)35-29(25)18-19-30-32(35)20-22-10-7-16-28-27-15-5-8-21-9-6-17-31(33(21)27)36(30)34(22)28/h1-20H. The lowest BCUT2D eigenvalue weighted by molar-refractivity contribution is 1.79. The number of benzene rings is 9. The third-order valence-corrected chi connectivity index (χ3v) is 8.33. The van der Waals surface area contributed by atoms with E-state index in [-0.39, 0.29) is 0 Å². The Hall–Kier alpha value is -4.68. The van der Waals surface area contributed by atoms with Gasteiger partial charge in [-0.2, -0.15) is 0 Å². The van der Waals surface area contributed by atoms with Crippen molar-refractivity contribution in [3.05, 3.63) is 121 Å². The topological polar surface area (TPSA) is 0 Å². The Balaban J connectivity index is 1.66. The van der Waals surface area contributed by atoms with Gasteiger partial charge in [0.15, 0.2) is 0 Å². The van der Waals surface area contributed by atoms with E-state index in [2.05, 4.69) is 121 Å². The number of fused-ring (bicyclic) bond motifs is 11. The Bertz CT molecular complexity index is 2310. The first-order valence-electron chi connectivity index (χ1n) is 12.6. The highest BCUT2D eigenvalue weighted by molar-refractivity contribution is 6.41. The highest BCUT2D eigenvalue weighted by Crippen LogP contribution is 2.46. The Morgan fingerprint density at radius 2 is 0.667 bits per heavy atom. The Labute approximate surface area is 207 Å². The van der Waals surface area contributed by atoms with Gasteiger partial charge in [0.25, 0.3) is 0 Å². The smallest absolute Gasteiger partial charge is 0.00139 e. The van der Waals surface area contributed by atoms with E-state index in [0.29, 0.717) is 0 Å². The molecule has 0 unspecified atom stereocenters. The molecule has 9 aromatic rings. The molecular formula is C36H20. The number of rotatable bonds is 0. The molecule has 0 nitrogen and oxygen atoms in total. The van der Waals surface area contributed by atoms with Crippen molar-refractivity contribution in [2.24, 2.45) is 0 Å². The van der Waals surface area contributed by atoms with Gasteiger partial charge in [-0.15, -0.1) is 0 Å². The molecule has 0 heteroatoms. The Morgan fingerprint density at radius 3 is 1.36 bits per heavy atom. The summed E-state index contributed by atoms with van der Waals surface area (Å²) in [6.45, 7) is 0. The van der Waals surface area contributed by atoms with Crippen LogP contribution >= 0.6 is 0 Å². The summed E-state index contributed by atoms with van der Waals surface area (Å²) >= 11 is 0. The predicted molar refractivity (Wildman–Crippen MR) is 158 cm³/mol. The summed E-state index contributed by atoms with van der Waals surface area (Å²) in [5.41, 5.74) is 0. The van der Waals surface area contributed by atoms with E-state index in [9.17, 15) is 0 Å². The Morgan fingerprint density at radius 1 is 0.222 bits per heavy atom. The zero-order valence-electron chi connectivity index (χ0n) is 19.5. The summed E-state index contributed by atoms with van der Waals surface area (Å²) in [5, 5.41) is 21.4. The van der Waals surface area contributed by atoms with Gasteiger partial charge in [0, 0.05) is 0 Å². The molecule has 0 N–H and O–H groups in total. The lowest BCUT2D eigenvalue weighted by atomic mass is 9.85. The van der Waals surface area contributed by atoms with Crippen LogP contribution in [0.25, 0.3) is 86.2 Å². The molecule has 0 aliphatic carbocycles. The first-order valence-corrected chi connectivity index (χ1v) is 12.6. The second-order valence-electron chi connectivity index (χ2n) is 10.0. The molecular weight excluding hydrogens is 432 g/mol. The molecule has 0 saturated carbocycles. The fraction of sp³-hybridized carbons (Fsp3) is 0. The third-order valence-electron chi connectivity index (χ3n) is 8.33. The van der Waals surface area contributed by atoms with Crippen molar-refractivity contribution in [1.29, 1.82) is 0 Å². The van der Waals surface area contributed by atoms with Crippen molar-refractivity contribution in [3.63, 3.8) is 0 Å². The summed E-state index contributed by atoms with van der Waals surface area (Å²) in [6, 6.07) is 45.2. The van der Waals surface area contributed by atoms with Gasteiger partial charge in [-0.3, -0.25) is 0 Å². The van der Waals surface area contributed by atoms with E-state index in [4.69, 9.17) is 0 Å². The summed E-state index contributed by atoms with van der Waals surface area (Å²) in [4.78, 5) is 0. The van der Waals surface area contributed by atoms with Gasteiger partial charge in [-0.25, -0.2) is 0 Å². The molecule has 0 aliphatic rings. The van der Waals surface area contributed by atoms with E-state index >= 15 is 0 Å². The van der Waals surface area contributed by atoms with Crippen molar-refractivity contribution < 1.29 is 0 Å². The van der Waals surface area contributed by atoms with Gasteiger partial charge >= 0.3 is 0 Å². The molecule has 0 aliphatic heterocycles. The fourth-order valence-electron chi connectivity index (χ4n) is 6.93. The highest BCUT2D eigenvalue weighted by atomic mass is 14.2. The van der Waals surface area contributed by atoms with E-state index in [1.165, 1.54) is 86.2 Å². The summed E-state index contributed by atoms with van der Waals surface area (Å²) in [7, 11) is 0. The largest absolute Gasteiger partial charge is 0.0616 e. The second-order valence-corrected chi connectivity index (χ2v) is 10.0. The first kappa shape index (κ1) is 18.6. The lowest BCUT2D eigenvalue weighted by Gasteiger charge is -2.18. The molecule has 0 radical (unpaired) electrons. The maximum absolute atomic E-state index is 2.44. The van der Waals surface area contributed by atoms with E-state index in [1.54, 1.807) is 0 Å². The zero-order valence-corrected chi connectivity index (χ0v) is 19.5. The molecule has 164 valence electrons. The molecule has 9 aromatic carbocycles. The molecule has 0 saturated heterocycles. The van der Waals surface area contributed by atoms with Crippen molar-refractivity contribution in [2.45, 2.75) is 0 Å². The Kier molecular flexibility index (Phi) is 3.36. The van der Waals surface area contributed by atoms with Crippen LogP contribution in [0.1, 0.15) is 0 Å². The summed E-state index contributed by atoms with van der Waals surface area (Å²) < 4.78 is 0. The molecule has 36 heavy (non-hydrogen) atoms. The summed E-state index contributed by atoms with van der Waals surface area (Å²) in [6.07, 6.45) is 0. The van der Waals surface area contributed by atoms with Crippen molar-refractivity contribution in [1.82, 2.24) is 0 Å². The summed E-state index contributed by atoms with van der Waals surface area (Å²) in [5.74, 6) is 0. The maximum atomic E-state index is 2.44. The minimum absolute atomic E-state index is 1.31. The lowest BCUT2D eigenvalue weighted by Crippen LogP contribution is -1.90. The van der Waals surface area contributed by atoms with Gasteiger partial charge in [-0.05, 0) is 92.2 Å². The molecule has 0 amide bonds. The van der Waals surface area contributed by atoms with Crippen LogP contribution in [0.15, 0.2) is 121 Å². The molecule has 0 atom stereocenters. The number of hydrogen-bond acceptors (Lipinski definition) is 0. The van der Waals surface area contributed by atoms with Crippen LogP contribution in [0.4, 0.5) is 0 Å². The molecule has 0 spiro atoms. The van der Waals surface area contributed by atoms with E-state index in [1.807, 2.05) is 0 Å². The van der Waals surface area contributed by atoms with Crippen LogP contribution in [0.3, 0.4) is 0 Å². The minimum atomic E-state index is 1.31. The highest BCUT2D eigenvalue weighted by Gasteiger charge is 2.18. The van der Waals surface area contributed by atoms with Gasteiger partial charge in [0.2, 0.25) is 0 Å². The first-order chi connectivity index (χ1) is 17.9. The number of hydrogen-bond donors (Lipinski definition) is 0. The average Bonchev–Trinajstić information content (AvgIpc) is 2.94. The van der Waals surface area contributed by atoms with Crippen molar-refractivity contribution in [2.75, 3.05) is 0 Å². The SMILES string of the molecule is c1ccc2c(c1)c1ccccc1c1c2ccc2c1cc1cccc3c4cccc5cccc(c54)c2c13. The molecule has 0 heterocycles. The van der Waals surface area contributed by atoms with Gasteiger partial charge in [0.05, 0.1) is 0 Å². The molecule has 0 aromatic heterocycles. The van der Waals surface area contributed by atoms with Crippen LogP contribution in [0.5, 0.6) is 0 Å². The second kappa shape index (κ2) is 6.50.